The van der Waals surface area contributed by atoms with Gasteiger partial charge < -0.3 is 4.57 Å². The normalized spacial score (nSPS) is 14.3. The zero-order valence-electron chi connectivity index (χ0n) is 19.7. The van der Waals surface area contributed by atoms with Crippen LogP contribution in [0.25, 0.3) is 16.5 Å². The molecule has 0 radical (unpaired) electrons. The van der Waals surface area contributed by atoms with Gasteiger partial charge in [0.15, 0.2) is 5.78 Å². The number of sulfonamides is 1. The molecular weight excluding hydrogens is 510 g/mol. The van der Waals surface area contributed by atoms with Gasteiger partial charge in [0.25, 0.3) is 5.91 Å². The molecule has 1 heterocycles. The Morgan fingerprint density at radius 3 is 2.53 bits per heavy atom. The maximum atomic E-state index is 14.6. The van der Waals surface area contributed by atoms with Crippen LogP contribution in [-0.4, -0.2) is 29.4 Å². The van der Waals surface area contributed by atoms with Gasteiger partial charge in [0.05, 0.1) is 11.3 Å². The first-order valence-electron chi connectivity index (χ1n) is 11.0. The lowest BCUT2D eigenvalue weighted by molar-refractivity contribution is -0.113. The highest BCUT2D eigenvalue weighted by molar-refractivity contribution is 7.91. The van der Waals surface area contributed by atoms with Crippen molar-refractivity contribution >= 4 is 49.8 Å². The SMILES string of the molecule is CC(C)(C)S(=O)(=O)NC(=O)c1c(C2=CC=CCC2=O)c2cc(Cl)ccc2n1Cc1cc(F)ccc1F. The van der Waals surface area contributed by atoms with Gasteiger partial charge in [-0.1, -0.05) is 29.8 Å². The number of hydrogen-bond acceptors (Lipinski definition) is 4. The zero-order chi connectivity index (χ0) is 26.4. The number of carbonyl (C=O) groups excluding carboxylic acids is 2. The van der Waals surface area contributed by atoms with Gasteiger partial charge in [-0.05, 0) is 57.2 Å². The van der Waals surface area contributed by atoms with Crippen LogP contribution in [0.4, 0.5) is 8.78 Å². The molecule has 0 atom stereocenters. The Labute approximate surface area is 212 Å². The van der Waals surface area contributed by atoms with E-state index in [0.29, 0.717) is 15.9 Å². The van der Waals surface area contributed by atoms with E-state index < -0.39 is 32.3 Å². The highest BCUT2D eigenvalue weighted by Crippen LogP contribution is 2.36. The van der Waals surface area contributed by atoms with E-state index in [1.807, 2.05) is 0 Å². The largest absolute Gasteiger partial charge is 0.331 e. The molecule has 0 unspecified atom stereocenters. The third-order valence-corrected chi connectivity index (χ3v) is 8.18. The van der Waals surface area contributed by atoms with Crippen LogP contribution in [0.15, 0.2) is 54.6 Å². The summed E-state index contributed by atoms with van der Waals surface area (Å²) in [6.07, 6.45) is 4.93. The Morgan fingerprint density at radius 2 is 1.86 bits per heavy atom. The lowest BCUT2D eigenvalue weighted by Gasteiger charge is -2.21. The van der Waals surface area contributed by atoms with Gasteiger partial charge in [0, 0.05) is 39.0 Å². The molecule has 6 nitrogen and oxygen atoms in total. The average molecular weight is 533 g/mol. The Balaban J connectivity index is 2.05. The summed E-state index contributed by atoms with van der Waals surface area (Å²) in [5.74, 6) is -2.69. The van der Waals surface area contributed by atoms with E-state index in [0.717, 1.165) is 18.2 Å². The maximum Gasteiger partial charge on any atom is 0.282 e. The highest BCUT2D eigenvalue weighted by Gasteiger charge is 2.35. The quantitative estimate of drug-likeness (QED) is 0.477. The summed E-state index contributed by atoms with van der Waals surface area (Å²) in [5, 5.41) is 0.707. The minimum absolute atomic E-state index is 0.0648. The van der Waals surface area contributed by atoms with Gasteiger partial charge >= 0.3 is 0 Å². The van der Waals surface area contributed by atoms with Crippen LogP contribution in [0.5, 0.6) is 0 Å². The van der Waals surface area contributed by atoms with Crippen LogP contribution in [0.1, 0.15) is 48.8 Å². The minimum atomic E-state index is -4.15. The van der Waals surface area contributed by atoms with Crippen LogP contribution >= 0.6 is 11.6 Å². The molecule has 0 aliphatic heterocycles. The van der Waals surface area contributed by atoms with Crippen LogP contribution < -0.4 is 4.72 Å². The number of Topliss-reactive ketones (excluding diaryl/α,β-unsaturated/α-hetero) is 1. The van der Waals surface area contributed by atoms with E-state index in [9.17, 15) is 26.8 Å². The summed E-state index contributed by atoms with van der Waals surface area (Å²) < 4.78 is 56.5. The van der Waals surface area contributed by atoms with Gasteiger partial charge in [-0.25, -0.2) is 21.9 Å². The van der Waals surface area contributed by atoms with Crippen molar-refractivity contribution in [1.29, 1.82) is 0 Å². The van der Waals surface area contributed by atoms with Gasteiger partial charge in [-0.3, -0.25) is 9.59 Å². The van der Waals surface area contributed by atoms with Crippen LogP contribution in [-0.2, 0) is 21.4 Å². The molecule has 2 aromatic carbocycles. The molecule has 36 heavy (non-hydrogen) atoms. The second kappa shape index (κ2) is 9.29. The van der Waals surface area contributed by atoms with Crippen molar-refractivity contribution in [3.05, 3.63) is 88.1 Å². The predicted molar refractivity (Wildman–Crippen MR) is 135 cm³/mol. The first-order valence-corrected chi connectivity index (χ1v) is 12.9. The van der Waals surface area contributed by atoms with E-state index in [4.69, 9.17) is 11.6 Å². The van der Waals surface area contributed by atoms with E-state index in [1.54, 1.807) is 30.4 Å². The first kappa shape index (κ1) is 25.8. The summed E-state index contributed by atoms with van der Waals surface area (Å²) in [6, 6.07) is 7.62. The first-order chi connectivity index (χ1) is 16.8. The molecule has 0 fully saturated rings. The van der Waals surface area contributed by atoms with E-state index in [-0.39, 0.29) is 41.1 Å². The number of ketones is 1. The molecule has 188 valence electrons. The molecule has 4 rings (SSSR count). The van der Waals surface area contributed by atoms with Crippen LogP contribution in [0, 0.1) is 11.6 Å². The van der Waals surface area contributed by atoms with E-state index in [2.05, 4.69) is 4.72 Å². The molecular formula is C26H23ClF2N2O4S. The smallest absolute Gasteiger partial charge is 0.282 e. The molecule has 1 aliphatic carbocycles. The van der Waals surface area contributed by atoms with Crippen molar-refractivity contribution in [2.75, 3.05) is 0 Å². The third kappa shape index (κ3) is 4.73. The fourth-order valence-corrected chi connectivity index (χ4v) is 4.74. The number of fused-ring (bicyclic) bond motifs is 1. The number of aromatic nitrogens is 1. The number of nitrogens with zero attached hydrogens (tertiary/aromatic N) is 1. The predicted octanol–water partition coefficient (Wildman–Crippen LogP) is 5.39. The summed E-state index contributed by atoms with van der Waals surface area (Å²) in [5.41, 5.74) is 0.491. The van der Waals surface area contributed by atoms with Crippen molar-refractivity contribution in [2.24, 2.45) is 0 Å². The number of rotatable bonds is 5. The molecule has 1 N–H and O–H groups in total. The van der Waals surface area contributed by atoms with Crippen LogP contribution in [0.3, 0.4) is 0 Å². The van der Waals surface area contributed by atoms with Crippen molar-refractivity contribution in [2.45, 2.75) is 38.5 Å². The Hall–Kier alpha value is -3.30. The lowest BCUT2D eigenvalue weighted by Crippen LogP contribution is -2.43. The molecule has 1 aromatic heterocycles. The lowest BCUT2D eigenvalue weighted by atomic mass is 9.93. The average Bonchev–Trinajstić information content (AvgIpc) is 3.08. The summed E-state index contributed by atoms with van der Waals surface area (Å²) in [7, 11) is -4.15. The minimum Gasteiger partial charge on any atom is -0.331 e. The van der Waals surface area contributed by atoms with Gasteiger partial charge in [0.2, 0.25) is 10.0 Å². The van der Waals surface area contributed by atoms with Crippen molar-refractivity contribution in [1.82, 2.24) is 9.29 Å². The van der Waals surface area contributed by atoms with Crippen molar-refractivity contribution in [3.63, 3.8) is 0 Å². The fourth-order valence-electron chi connectivity index (χ4n) is 3.92. The van der Waals surface area contributed by atoms with E-state index in [1.165, 1.54) is 31.4 Å². The number of carbonyl (C=O) groups is 2. The van der Waals surface area contributed by atoms with Gasteiger partial charge in [-0.2, -0.15) is 0 Å². The highest BCUT2D eigenvalue weighted by atomic mass is 35.5. The molecule has 0 spiro atoms. The molecule has 1 amide bonds. The summed E-state index contributed by atoms with van der Waals surface area (Å²) >= 11 is 6.25. The van der Waals surface area contributed by atoms with Gasteiger partial charge in [-0.15, -0.1) is 0 Å². The zero-order valence-corrected chi connectivity index (χ0v) is 21.3. The molecule has 0 saturated carbocycles. The fraction of sp³-hybridized carbons (Fsp3) is 0.231. The van der Waals surface area contributed by atoms with E-state index >= 15 is 0 Å². The number of halogens is 3. The summed E-state index contributed by atoms with van der Waals surface area (Å²) in [6.45, 7) is 3.98. The Kier molecular flexibility index (Phi) is 6.66. The molecule has 0 saturated heterocycles. The maximum absolute atomic E-state index is 14.6. The molecule has 1 aliphatic rings. The Bertz CT molecular complexity index is 1580. The standard InChI is InChI=1S/C26H23ClF2N2O4S/c1-26(2,3)36(34,35)30-25(33)24-23(18-6-4-5-7-22(18)32)19-13-16(27)8-11-21(19)31(24)14-15-12-17(28)9-10-20(15)29/h4-6,8-13H,7,14H2,1-3H3,(H,30,33). The molecule has 3 aromatic rings. The number of amides is 1. The topological polar surface area (TPSA) is 85.2 Å². The second-order valence-electron chi connectivity index (χ2n) is 9.39. The monoisotopic (exact) mass is 532 g/mol. The van der Waals surface area contributed by atoms with Gasteiger partial charge in [0.1, 0.15) is 17.3 Å². The summed E-state index contributed by atoms with van der Waals surface area (Å²) in [4.78, 5) is 26.5. The number of benzene rings is 2. The third-order valence-electron chi connectivity index (χ3n) is 5.88. The molecule has 0 bridgehead atoms. The number of hydrogen-bond donors (Lipinski definition) is 1. The second-order valence-corrected chi connectivity index (χ2v) is 12.3. The number of nitrogens with one attached hydrogen (secondary N) is 1. The molecule has 10 heteroatoms. The van der Waals surface area contributed by atoms with Crippen molar-refractivity contribution in [3.8, 4) is 0 Å². The van der Waals surface area contributed by atoms with Crippen molar-refractivity contribution < 1.29 is 26.8 Å². The van der Waals surface area contributed by atoms with Crippen LogP contribution in [0.2, 0.25) is 5.02 Å². The Morgan fingerprint density at radius 1 is 1.14 bits per heavy atom. The number of allylic oxidation sites excluding steroid dienone is 4.